The fourth-order valence-corrected chi connectivity index (χ4v) is 1.86. The Labute approximate surface area is 113 Å². The lowest BCUT2D eigenvalue weighted by Crippen LogP contribution is -2.30. The van der Waals surface area contributed by atoms with Crippen molar-refractivity contribution in [3.8, 4) is 5.75 Å². The maximum absolute atomic E-state index is 12.0. The third kappa shape index (κ3) is 3.96. The molecule has 1 aromatic carbocycles. The highest BCUT2D eigenvalue weighted by Crippen LogP contribution is 2.29. The molecule has 0 heterocycles. The predicted octanol–water partition coefficient (Wildman–Crippen LogP) is 3.39. The lowest BCUT2D eigenvalue weighted by atomic mass is 10.3. The summed E-state index contributed by atoms with van der Waals surface area (Å²) in [6, 6.07) is 4.88. The van der Waals surface area contributed by atoms with Crippen molar-refractivity contribution < 1.29 is 13.5 Å². The number of halogens is 3. The van der Waals surface area contributed by atoms with Crippen LogP contribution in [0.2, 0.25) is 5.02 Å². The molecule has 0 spiro atoms. The molecule has 1 aliphatic rings. The van der Waals surface area contributed by atoms with E-state index in [1.54, 1.807) is 6.07 Å². The van der Waals surface area contributed by atoms with Crippen LogP contribution in [0.4, 0.5) is 14.5 Å². The zero-order valence-electron chi connectivity index (χ0n) is 9.25. The molecule has 1 aliphatic carbocycles. The van der Waals surface area contributed by atoms with Gasteiger partial charge in [-0.3, -0.25) is 0 Å². The summed E-state index contributed by atoms with van der Waals surface area (Å²) >= 11 is 10.9. The Morgan fingerprint density at radius 3 is 2.72 bits per heavy atom. The summed E-state index contributed by atoms with van der Waals surface area (Å²) in [4.78, 5) is 0. The zero-order valence-corrected chi connectivity index (χ0v) is 10.8. The molecule has 3 nitrogen and oxygen atoms in total. The maximum Gasteiger partial charge on any atom is 0.387 e. The normalized spacial score (nSPS) is 14.4. The minimum absolute atomic E-state index is 0.0571. The topological polar surface area (TPSA) is 33.3 Å². The third-order valence-electron chi connectivity index (χ3n) is 2.32. The van der Waals surface area contributed by atoms with Gasteiger partial charge in [0.15, 0.2) is 5.11 Å². The molecule has 0 radical (unpaired) electrons. The van der Waals surface area contributed by atoms with E-state index in [0.29, 0.717) is 16.8 Å². The third-order valence-corrected chi connectivity index (χ3v) is 2.83. The zero-order chi connectivity index (χ0) is 13.1. The lowest BCUT2D eigenvalue weighted by molar-refractivity contribution is -0.0497. The number of alkyl halides is 2. The molecule has 2 rings (SSSR count). The van der Waals surface area contributed by atoms with Gasteiger partial charge < -0.3 is 15.4 Å². The molecular formula is C11H11ClF2N2OS. The minimum Gasteiger partial charge on any atom is -0.433 e. The molecular weight excluding hydrogens is 282 g/mol. The summed E-state index contributed by atoms with van der Waals surface area (Å²) in [5, 5.41) is 6.62. The van der Waals surface area contributed by atoms with Gasteiger partial charge in [0.05, 0.1) is 5.02 Å². The van der Waals surface area contributed by atoms with Gasteiger partial charge >= 0.3 is 6.61 Å². The summed E-state index contributed by atoms with van der Waals surface area (Å²) in [7, 11) is 0. The molecule has 18 heavy (non-hydrogen) atoms. The summed E-state index contributed by atoms with van der Waals surface area (Å²) in [6.07, 6.45) is 2.23. The van der Waals surface area contributed by atoms with Gasteiger partial charge in [-0.2, -0.15) is 8.78 Å². The Kier molecular flexibility index (Phi) is 4.19. The van der Waals surface area contributed by atoms with Crippen LogP contribution in [0.25, 0.3) is 0 Å². The number of nitrogens with one attached hydrogen (secondary N) is 2. The van der Waals surface area contributed by atoms with Gasteiger partial charge in [0, 0.05) is 11.7 Å². The number of rotatable bonds is 4. The second kappa shape index (κ2) is 5.67. The van der Waals surface area contributed by atoms with Gasteiger partial charge in [-0.1, -0.05) is 11.6 Å². The van der Waals surface area contributed by atoms with Crippen molar-refractivity contribution in [2.45, 2.75) is 25.5 Å². The highest BCUT2D eigenvalue weighted by molar-refractivity contribution is 7.80. The van der Waals surface area contributed by atoms with Crippen LogP contribution in [0.5, 0.6) is 5.75 Å². The molecule has 0 amide bonds. The molecule has 0 saturated heterocycles. The van der Waals surface area contributed by atoms with Crippen molar-refractivity contribution in [1.82, 2.24) is 5.32 Å². The number of thiocarbonyl (C=S) groups is 1. The maximum atomic E-state index is 12.0. The second-order valence-electron chi connectivity index (χ2n) is 3.90. The number of ether oxygens (including phenoxy) is 1. The minimum atomic E-state index is -2.89. The van der Waals surface area contributed by atoms with E-state index in [2.05, 4.69) is 15.4 Å². The van der Waals surface area contributed by atoms with Crippen LogP contribution in [-0.4, -0.2) is 17.8 Å². The first-order valence-electron chi connectivity index (χ1n) is 5.36. The number of hydrogen-bond donors (Lipinski definition) is 2. The van der Waals surface area contributed by atoms with Gasteiger partial charge in [0.25, 0.3) is 0 Å². The Hall–Kier alpha value is -1.14. The summed E-state index contributed by atoms with van der Waals surface area (Å²) in [5.74, 6) is -0.0571. The largest absolute Gasteiger partial charge is 0.433 e. The first-order chi connectivity index (χ1) is 8.54. The summed E-state index contributed by atoms with van der Waals surface area (Å²) in [6.45, 7) is -2.89. The van der Waals surface area contributed by atoms with E-state index in [1.807, 2.05) is 0 Å². The van der Waals surface area contributed by atoms with Gasteiger partial charge in [0.2, 0.25) is 0 Å². The Balaban J connectivity index is 1.96. The van der Waals surface area contributed by atoms with E-state index in [-0.39, 0.29) is 10.8 Å². The van der Waals surface area contributed by atoms with Crippen LogP contribution < -0.4 is 15.4 Å². The van der Waals surface area contributed by atoms with E-state index in [9.17, 15) is 8.78 Å². The van der Waals surface area contributed by atoms with E-state index < -0.39 is 6.61 Å². The Bertz CT molecular complexity index is 455. The SMILES string of the molecule is FC(F)Oc1ccc(NC(=S)NC2CC2)cc1Cl. The van der Waals surface area contributed by atoms with Gasteiger partial charge in [-0.15, -0.1) is 0 Å². The summed E-state index contributed by atoms with van der Waals surface area (Å²) < 4.78 is 28.3. The van der Waals surface area contributed by atoms with E-state index in [4.69, 9.17) is 23.8 Å². The Morgan fingerprint density at radius 1 is 1.44 bits per heavy atom. The van der Waals surface area contributed by atoms with Crippen LogP contribution >= 0.6 is 23.8 Å². The first kappa shape index (κ1) is 13.3. The molecule has 1 fully saturated rings. The van der Waals surface area contributed by atoms with E-state index in [1.165, 1.54) is 12.1 Å². The smallest absolute Gasteiger partial charge is 0.387 e. The molecule has 98 valence electrons. The molecule has 0 unspecified atom stereocenters. The van der Waals surface area contributed by atoms with Crippen LogP contribution in [-0.2, 0) is 0 Å². The van der Waals surface area contributed by atoms with Crippen LogP contribution in [0.3, 0.4) is 0 Å². The van der Waals surface area contributed by atoms with Crippen molar-refractivity contribution in [1.29, 1.82) is 0 Å². The number of anilines is 1. The average Bonchev–Trinajstić information content (AvgIpc) is 3.05. The quantitative estimate of drug-likeness (QED) is 0.834. The van der Waals surface area contributed by atoms with Crippen molar-refractivity contribution in [2.24, 2.45) is 0 Å². The molecule has 7 heteroatoms. The fourth-order valence-electron chi connectivity index (χ4n) is 1.35. The van der Waals surface area contributed by atoms with Crippen LogP contribution in [0, 0.1) is 0 Å². The molecule has 0 aliphatic heterocycles. The molecule has 0 atom stereocenters. The van der Waals surface area contributed by atoms with Crippen molar-refractivity contribution >= 4 is 34.6 Å². The van der Waals surface area contributed by atoms with Gasteiger partial charge in [-0.25, -0.2) is 0 Å². The predicted molar refractivity (Wildman–Crippen MR) is 70.5 cm³/mol. The molecule has 0 aromatic heterocycles. The molecule has 1 saturated carbocycles. The van der Waals surface area contributed by atoms with Crippen molar-refractivity contribution in [3.05, 3.63) is 23.2 Å². The monoisotopic (exact) mass is 292 g/mol. The second-order valence-corrected chi connectivity index (χ2v) is 4.71. The Morgan fingerprint density at radius 2 is 2.17 bits per heavy atom. The number of hydrogen-bond acceptors (Lipinski definition) is 2. The van der Waals surface area contributed by atoms with E-state index in [0.717, 1.165) is 12.8 Å². The van der Waals surface area contributed by atoms with E-state index >= 15 is 0 Å². The standard InChI is InChI=1S/C11H11ClF2N2OS/c12-8-5-7(3-4-9(8)17-10(13)14)16-11(18)15-6-1-2-6/h3-6,10H,1-2H2,(H2,15,16,18). The highest BCUT2D eigenvalue weighted by Gasteiger charge is 2.21. The van der Waals surface area contributed by atoms with Crippen LogP contribution in [0.1, 0.15) is 12.8 Å². The van der Waals surface area contributed by atoms with Gasteiger partial charge in [0.1, 0.15) is 5.75 Å². The lowest BCUT2D eigenvalue weighted by Gasteiger charge is -2.11. The van der Waals surface area contributed by atoms with Gasteiger partial charge in [-0.05, 0) is 43.3 Å². The fraction of sp³-hybridized carbons (Fsp3) is 0.364. The summed E-state index contributed by atoms with van der Waals surface area (Å²) in [5.41, 5.74) is 0.625. The van der Waals surface area contributed by atoms with Crippen molar-refractivity contribution in [3.63, 3.8) is 0 Å². The highest BCUT2D eigenvalue weighted by atomic mass is 35.5. The molecule has 0 bridgehead atoms. The average molecular weight is 293 g/mol. The molecule has 2 N–H and O–H groups in total. The number of benzene rings is 1. The first-order valence-corrected chi connectivity index (χ1v) is 6.15. The van der Waals surface area contributed by atoms with Crippen molar-refractivity contribution in [2.75, 3.05) is 5.32 Å². The van der Waals surface area contributed by atoms with Crippen LogP contribution in [0.15, 0.2) is 18.2 Å². The molecule has 1 aromatic rings.